The number of halogens is 5. The van der Waals surface area contributed by atoms with E-state index in [0.717, 1.165) is 6.07 Å². The van der Waals surface area contributed by atoms with E-state index in [4.69, 9.17) is 5.73 Å². The van der Waals surface area contributed by atoms with E-state index in [1.165, 1.54) is 0 Å². The highest BCUT2D eigenvalue weighted by Crippen LogP contribution is 2.17. The van der Waals surface area contributed by atoms with E-state index < -0.39 is 36.6 Å². The maximum Gasteiger partial charge on any atom is 0.277 e. The third-order valence-corrected chi connectivity index (χ3v) is 2.95. The lowest BCUT2D eigenvalue weighted by atomic mass is 10.2. The molecule has 1 aromatic carbocycles. The summed E-state index contributed by atoms with van der Waals surface area (Å²) < 4.78 is 51.5. The molecule has 0 aliphatic heterocycles. The zero-order valence-corrected chi connectivity index (χ0v) is 11.1. The monoisotopic (exact) mass is 376 g/mol. The summed E-state index contributed by atoms with van der Waals surface area (Å²) in [5.74, 6) is -6.47. The summed E-state index contributed by atoms with van der Waals surface area (Å²) in [5, 5.41) is 1.91. The predicted molar refractivity (Wildman–Crippen MR) is 65.4 cm³/mol. The molecule has 0 saturated carbocycles. The number of benzene rings is 1. The SMILES string of the molecule is NCC(F)(F)CNC(=O)c1cc(F)c(F)cc1I. The summed E-state index contributed by atoms with van der Waals surface area (Å²) in [5.41, 5.74) is 4.59. The summed E-state index contributed by atoms with van der Waals surface area (Å²) in [6.45, 7) is -1.88. The van der Waals surface area contributed by atoms with Gasteiger partial charge in [-0.15, -0.1) is 0 Å². The maximum absolute atomic E-state index is 12.9. The number of carbonyl (C=O) groups excluding carboxylic acids is 1. The van der Waals surface area contributed by atoms with Gasteiger partial charge in [-0.05, 0) is 34.7 Å². The Balaban J connectivity index is 2.82. The Bertz CT molecular complexity index is 467. The van der Waals surface area contributed by atoms with E-state index in [1.54, 1.807) is 22.6 Å². The van der Waals surface area contributed by atoms with Crippen LogP contribution in [0.4, 0.5) is 17.6 Å². The first kappa shape index (κ1) is 15.2. The molecule has 18 heavy (non-hydrogen) atoms. The molecule has 8 heteroatoms. The zero-order valence-electron chi connectivity index (χ0n) is 8.94. The van der Waals surface area contributed by atoms with Crippen LogP contribution >= 0.6 is 22.6 Å². The van der Waals surface area contributed by atoms with Gasteiger partial charge in [0.1, 0.15) is 0 Å². The molecule has 0 fully saturated rings. The molecule has 0 radical (unpaired) electrons. The highest BCUT2D eigenvalue weighted by molar-refractivity contribution is 14.1. The van der Waals surface area contributed by atoms with Crippen LogP contribution in [0.25, 0.3) is 0 Å². The van der Waals surface area contributed by atoms with Gasteiger partial charge in [-0.3, -0.25) is 4.79 Å². The Labute approximate surface area is 114 Å². The highest BCUT2D eigenvalue weighted by atomic mass is 127. The van der Waals surface area contributed by atoms with Gasteiger partial charge in [0.25, 0.3) is 11.8 Å². The molecule has 3 N–H and O–H groups in total. The minimum absolute atomic E-state index is 0.125. The molecule has 0 bridgehead atoms. The quantitative estimate of drug-likeness (QED) is 0.479. The normalized spacial score (nSPS) is 11.4. The number of rotatable bonds is 4. The van der Waals surface area contributed by atoms with Gasteiger partial charge in [0, 0.05) is 3.57 Å². The van der Waals surface area contributed by atoms with Crippen molar-refractivity contribution in [2.45, 2.75) is 5.92 Å². The van der Waals surface area contributed by atoms with Crippen molar-refractivity contribution in [3.63, 3.8) is 0 Å². The van der Waals surface area contributed by atoms with Gasteiger partial charge in [-0.25, -0.2) is 17.6 Å². The highest BCUT2D eigenvalue weighted by Gasteiger charge is 2.27. The molecule has 100 valence electrons. The molecule has 1 aromatic rings. The van der Waals surface area contributed by atoms with Crippen molar-refractivity contribution >= 4 is 28.5 Å². The fourth-order valence-electron chi connectivity index (χ4n) is 1.07. The predicted octanol–water partition coefficient (Wildman–Crippen LogP) is 1.89. The molecule has 0 saturated heterocycles. The number of alkyl halides is 2. The maximum atomic E-state index is 12.9. The lowest BCUT2D eigenvalue weighted by Gasteiger charge is -2.15. The van der Waals surface area contributed by atoms with Crippen molar-refractivity contribution < 1.29 is 22.4 Å². The molecule has 0 aromatic heterocycles. The molecule has 0 aliphatic carbocycles. The van der Waals surface area contributed by atoms with Gasteiger partial charge in [0.05, 0.1) is 18.7 Å². The first-order valence-electron chi connectivity index (χ1n) is 4.77. The second-order valence-electron chi connectivity index (χ2n) is 3.49. The van der Waals surface area contributed by atoms with Crippen molar-refractivity contribution in [3.05, 3.63) is 32.9 Å². The van der Waals surface area contributed by atoms with E-state index in [-0.39, 0.29) is 9.13 Å². The topological polar surface area (TPSA) is 55.1 Å². The summed E-state index contributed by atoms with van der Waals surface area (Å²) in [7, 11) is 0. The van der Waals surface area contributed by atoms with Gasteiger partial charge in [0.15, 0.2) is 11.6 Å². The third kappa shape index (κ3) is 3.80. The molecule has 0 unspecified atom stereocenters. The van der Waals surface area contributed by atoms with Crippen LogP contribution < -0.4 is 11.1 Å². The van der Waals surface area contributed by atoms with Crippen molar-refractivity contribution in [1.29, 1.82) is 0 Å². The second-order valence-corrected chi connectivity index (χ2v) is 4.65. The first-order valence-corrected chi connectivity index (χ1v) is 5.85. The third-order valence-electron chi connectivity index (χ3n) is 2.06. The summed E-state index contributed by atoms with van der Waals surface area (Å²) >= 11 is 1.61. The molecule has 1 amide bonds. The first-order chi connectivity index (χ1) is 8.26. The van der Waals surface area contributed by atoms with E-state index >= 15 is 0 Å². The number of carbonyl (C=O) groups is 1. The average Bonchev–Trinajstić information content (AvgIpc) is 2.31. The lowest BCUT2D eigenvalue weighted by Crippen LogP contribution is -2.41. The minimum atomic E-state index is -3.24. The molecular weight excluding hydrogens is 367 g/mol. The van der Waals surface area contributed by atoms with Crippen LogP contribution in [0.1, 0.15) is 10.4 Å². The molecule has 1 rings (SSSR count). The Kier molecular flexibility index (Phi) is 4.91. The molecule has 0 spiro atoms. The lowest BCUT2D eigenvalue weighted by molar-refractivity contribution is 0.0118. The van der Waals surface area contributed by atoms with Crippen LogP contribution in [0.15, 0.2) is 12.1 Å². The Morgan fingerprint density at radius 3 is 2.44 bits per heavy atom. The van der Waals surface area contributed by atoms with E-state index in [2.05, 4.69) is 0 Å². The van der Waals surface area contributed by atoms with Gasteiger partial charge >= 0.3 is 0 Å². The van der Waals surface area contributed by atoms with Gasteiger partial charge < -0.3 is 11.1 Å². The standard InChI is InChI=1S/C10H9F4IN2O/c11-6-1-5(8(15)2-7(6)12)9(18)17-4-10(13,14)3-16/h1-2H,3-4,16H2,(H,17,18). The van der Waals surface area contributed by atoms with Crippen LogP contribution in [0, 0.1) is 15.2 Å². The van der Waals surface area contributed by atoms with E-state index in [9.17, 15) is 22.4 Å². The molecule has 0 aliphatic rings. The Morgan fingerprint density at radius 1 is 1.33 bits per heavy atom. The van der Waals surface area contributed by atoms with Crippen LogP contribution in [-0.4, -0.2) is 24.9 Å². The minimum Gasteiger partial charge on any atom is -0.346 e. The number of nitrogens with two attached hydrogens (primary N) is 1. The van der Waals surface area contributed by atoms with Crippen molar-refractivity contribution in [2.24, 2.45) is 5.73 Å². The van der Waals surface area contributed by atoms with Crippen molar-refractivity contribution in [2.75, 3.05) is 13.1 Å². The van der Waals surface area contributed by atoms with Crippen LogP contribution in [-0.2, 0) is 0 Å². The van der Waals surface area contributed by atoms with Gasteiger partial charge in [-0.2, -0.15) is 0 Å². The number of hydrogen-bond donors (Lipinski definition) is 2. The van der Waals surface area contributed by atoms with Crippen LogP contribution in [0.5, 0.6) is 0 Å². The van der Waals surface area contributed by atoms with Gasteiger partial charge in [0.2, 0.25) is 0 Å². The molecular formula is C10H9F4IN2O. The van der Waals surface area contributed by atoms with Crippen molar-refractivity contribution in [1.82, 2.24) is 5.32 Å². The summed E-state index contributed by atoms with van der Waals surface area (Å²) in [4.78, 5) is 11.5. The second kappa shape index (κ2) is 5.83. The fourth-order valence-corrected chi connectivity index (χ4v) is 1.75. The zero-order chi connectivity index (χ0) is 13.9. The van der Waals surface area contributed by atoms with Crippen LogP contribution in [0.2, 0.25) is 0 Å². The molecule has 0 heterocycles. The summed E-state index contributed by atoms with van der Waals surface area (Å²) in [6, 6.07) is 1.47. The fraction of sp³-hybridized carbons (Fsp3) is 0.300. The van der Waals surface area contributed by atoms with E-state index in [0.29, 0.717) is 6.07 Å². The molecule has 3 nitrogen and oxygen atoms in total. The Morgan fingerprint density at radius 2 is 1.89 bits per heavy atom. The Hall–Kier alpha value is -0.900. The average molecular weight is 376 g/mol. The number of hydrogen-bond acceptors (Lipinski definition) is 2. The van der Waals surface area contributed by atoms with E-state index in [1.807, 2.05) is 5.32 Å². The smallest absolute Gasteiger partial charge is 0.277 e. The number of nitrogens with one attached hydrogen (secondary N) is 1. The van der Waals surface area contributed by atoms with Gasteiger partial charge in [-0.1, -0.05) is 0 Å². The summed E-state index contributed by atoms with van der Waals surface area (Å²) in [6.07, 6.45) is 0. The van der Waals surface area contributed by atoms with Crippen LogP contribution in [0.3, 0.4) is 0 Å². The number of amides is 1. The van der Waals surface area contributed by atoms with Crippen molar-refractivity contribution in [3.8, 4) is 0 Å². The largest absolute Gasteiger partial charge is 0.346 e. The molecule has 0 atom stereocenters.